The Morgan fingerprint density at radius 3 is 2.81 bits per heavy atom. The van der Waals surface area contributed by atoms with Gasteiger partial charge in [-0.25, -0.2) is 0 Å². The fourth-order valence-corrected chi connectivity index (χ4v) is 1.88. The molecule has 0 saturated heterocycles. The minimum Gasteiger partial charge on any atom is -0.357 e. The summed E-state index contributed by atoms with van der Waals surface area (Å²) in [5, 5.41) is 4.18. The first kappa shape index (κ1) is 10.8. The minimum absolute atomic E-state index is 0.164. The molecule has 1 unspecified atom stereocenters. The summed E-state index contributed by atoms with van der Waals surface area (Å²) in [5.41, 5.74) is 1.01. The molecule has 2 heteroatoms. The highest BCUT2D eigenvalue weighted by atomic mass is 16.6. The first-order chi connectivity index (χ1) is 7.90. The van der Waals surface area contributed by atoms with E-state index in [4.69, 9.17) is 11.3 Å². The van der Waals surface area contributed by atoms with Gasteiger partial charge in [0.25, 0.3) is 0 Å². The van der Waals surface area contributed by atoms with Crippen molar-refractivity contribution in [3.05, 3.63) is 30.3 Å². The third-order valence-corrected chi connectivity index (χ3v) is 2.79. The molecular formula is C14H15NO. The molecule has 1 aliphatic rings. The summed E-state index contributed by atoms with van der Waals surface area (Å²) in [7, 11) is 0. The summed E-state index contributed by atoms with van der Waals surface area (Å²) in [6.45, 7) is 0. The van der Waals surface area contributed by atoms with Crippen LogP contribution in [0, 0.1) is 18.3 Å². The predicted molar refractivity (Wildman–Crippen MR) is 65.3 cm³/mol. The topological polar surface area (TPSA) is 21.6 Å². The van der Waals surface area contributed by atoms with E-state index in [9.17, 15) is 0 Å². The van der Waals surface area contributed by atoms with Gasteiger partial charge in [-0.2, -0.15) is 0 Å². The molecular weight excluding hydrogens is 198 g/mol. The first-order valence-corrected chi connectivity index (χ1v) is 5.65. The molecule has 0 spiro atoms. The van der Waals surface area contributed by atoms with E-state index in [2.05, 4.69) is 11.1 Å². The summed E-state index contributed by atoms with van der Waals surface area (Å²) < 4.78 is 0. The Labute approximate surface area is 96.3 Å². The highest BCUT2D eigenvalue weighted by Gasteiger charge is 2.18. The molecule has 1 aromatic carbocycles. The summed E-state index contributed by atoms with van der Waals surface area (Å²) >= 11 is 0. The lowest BCUT2D eigenvalue weighted by Gasteiger charge is -2.18. The Balaban J connectivity index is 2.03. The Morgan fingerprint density at radius 1 is 1.25 bits per heavy atom. The van der Waals surface area contributed by atoms with Gasteiger partial charge in [0.05, 0.1) is 11.6 Å². The van der Waals surface area contributed by atoms with Crippen LogP contribution in [0.25, 0.3) is 0 Å². The number of rotatable bonds is 2. The average Bonchev–Trinajstić information content (AvgIpc) is 2.38. The quantitative estimate of drug-likeness (QED) is 0.546. The maximum Gasteiger partial charge on any atom is 0.157 e. The first-order valence-electron chi connectivity index (χ1n) is 5.65. The van der Waals surface area contributed by atoms with Crippen molar-refractivity contribution in [1.29, 1.82) is 0 Å². The van der Waals surface area contributed by atoms with Crippen molar-refractivity contribution in [3.63, 3.8) is 0 Å². The Bertz CT molecular complexity index is 402. The van der Waals surface area contributed by atoms with E-state index in [0.29, 0.717) is 0 Å². The number of para-hydroxylation sites is 1. The zero-order chi connectivity index (χ0) is 11.2. The molecule has 1 fully saturated rings. The van der Waals surface area contributed by atoms with Crippen molar-refractivity contribution < 1.29 is 4.84 Å². The molecule has 16 heavy (non-hydrogen) atoms. The number of nitrogens with zero attached hydrogens (tertiary/aromatic N) is 1. The van der Waals surface area contributed by atoms with Crippen LogP contribution in [0.15, 0.2) is 35.5 Å². The number of terminal acetylenes is 1. The molecule has 82 valence electrons. The van der Waals surface area contributed by atoms with Crippen LogP contribution in [-0.2, 0) is 0 Å². The Hall–Kier alpha value is -1.75. The molecule has 0 heterocycles. The minimum atomic E-state index is 0.164. The van der Waals surface area contributed by atoms with Gasteiger partial charge in [0, 0.05) is 0 Å². The van der Waals surface area contributed by atoms with Gasteiger partial charge in [0.15, 0.2) is 5.75 Å². The van der Waals surface area contributed by atoms with Crippen LogP contribution >= 0.6 is 0 Å². The summed E-state index contributed by atoms with van der Waals surface area (Å²) in [6, 6.07) is 9.57. The average molecular weight is 213 g/mol. The van der Waals surface area contributed by atoms with Gasteiger partial charge in [-0.3, -0.25) is 0 Å². The van der Waals surface area contributed by atoms with E-state index in [1.807, 2.05) is 30.3 Å². The second kappa shape index (κ2) is 5.37. The fourth-order valence-electron chi connectivity index (χ4n) is 1.88. The second-order valence-corrected chi connectivity index (χ2v) is 3.95. The van der Waals surface area contributed by atoms with E-state index in [0.717, 1.165) is 30.7 Å². The van der Waals surface area contributed by atoms with Crippen LogP contribution in [0.3, 0.4) is 0 Å². The highest BCUT2D eigenvalue weighted by Crippen LogP contribution is 2.21. The van der Waals surface area contributed by atoms with Gasteiger partial charge in [-0.15, -0.1) is 6.42 Å². The molecule has 0 N–H and O–H groups in total. The third kappa shape index (κ3) is 2.64. The summed E-state index contributed by atoms with van der Waals surface area (Å²) in [5.74, 6) is 3.70. The van der Waals surface area contributed by atoms with Crippen LogP contribution in [-0.4, -0.2) is 5.71 Å². The molecule has 1 atom stereocenters. The lowest BCUT2D eigenvalue weighted by atomic mass is 9.88. The Morgan fingerprint density at radius 2 is 2.06 bits per heavy atom. The van der Waals surface area contributed by atoms with Crippen molar-refractivity contribution in [2.75, 3.05) is 0 Å². The van der Waals surface area contributed by atoms with E-state index in [1.54, 1.807) is 0 Å². The number of benzene rings is 1. The van der Waals surface area contributed by atoms with Crippen molar-refractivity contribution in [2.24, 2.45) is 11.1 Å². The third-order valence-electron chi connectivity index (χ3n) is 2.79. The summed E-state index contributed by atoms with van der Waals surface area (Å²) in [4.78, 5) is 5.37. The molecule has 0 aliphatic heterocycles. The molecule has 2 nitrogen and oxygen atoms in total. The molecule has 2 rings (SSSR count). The normalized spacial score (nSPS) is 22.7. The maximum atomic E-state index is 5.48. The lowest BCUT2D eigenvalue weighted by molar-refractivity contribution is 0.334. The monoisotopic (exact) mass is 213 g/mol. The lowest BCUT2D eigenvalue weighted by Crippen LogP contribution is -2.18. The zero-order valence-electron chi connectivity index (χ0n) is 9.23. The van der Waals surface area contributed by atoms with Gasteiger partial charge in [0.2, 0.25) is 0 Å². The van der Waals surface area contributed by atoms with E-state index >= 15 is 0 Å². The van der Waals surface area contributed by atoms with Crippen molar-refractivity contribution in [2.45, 2.75) is 25.7 Å². The second-order valence-electron chi connectivity index (χ2n) is 3.95. The molecule has 1 saturated carbocycles. The zero-order valence-corrected chi connectivity index (χ0v) is 9.23. The molecule has 0 radical (unpaired) electrons. The molecule has 0 amide bonds. The molecule has 0 bridgehead atoms. The van der Waals surface area contributed by atoms with E-state index in [-0.39, 0.29) is 5.92 Å². The highest BCUT2D eigenvalue weighted by molar-refractivity contribution is 5.89. The standard InChI is InChI=1S/C14H15NO/c1-2-12-8-6-7-11-14(12)15-16-13-9-4-3-5-10-13/h1,3-5,9-10,12H,6-8,11H2/b15-14+. The largest absolute Gasteiger partial charge is 0.357 e. The molecule has 1 aromatic rings. The van der Waals surface area contributed by atoms with Gasteiger partial charge in [0.1, 0.15) is 0 Å². The Kier molecular flexibility index (Phi) is 3.61. The van der Waals surface area contributed by atoms with Crippen molar-refractivity contribution >= 4 is 5.71 Å². The van der Waals surface area contributed by atoms with Crippen LogP contribution in [0.1, 0.15) is 25.7 Å². The number of oxime groups is 1. The van der Waals surface area contributed by atoms with Crippen LogP contribution in [0.5, 0.6) is 5.75 Å². The van der Waals surface area contributed by atoms with Crippen LogP contribution in [0.4, 0.5) is 0 Å². The van der Waals surface area contributed by atoms with E-state index < -0.39 is 0 Å². The maximum absolute atomic E-state index is 5.48. The van der Waals surface area contributed by atoms with Crippen LogP contribution in [0.2, 0.25) is 0 Å². The van der Waals surface area contributed by atoms with Gasteiger partial charge in [-0.05, 0) is 31.4 Å². The van der Waals surface area contributed by atoms with Crippen molar-refractivity contribution in [1.82, 2.24) is 0 Å². The fraction of sp³-hybridized carbons (Fsp3) is 0.357. The van der Waals surface area contributed by atoms with Gasteiger partial charge in [-0.1, -0.05) is 35.7 Å². The van der Waals surface area contributed by atoms with E-state index in [1.165, 1.54) is 6.42 Å². The molecule has 1 aliphatic carbocycles. The number of hydrogen-bond donors (Lipinski definition) is 0. The van der Waals surface area contributed by atoms with Crippen LogP contribution < -0.4 is 4.84 Å². The smallest absolute Gasteiger partial charge is 0.157 e. The number of hydrogen-bond acceptors (Lipinski definition) is 2. The SMILES string of the molecule is C#CC1CCCC/C1=N\Oc1ccccc1. The summed E-state index contributed by atoms with van der Waals surface area (Å²) in [6.07, 6.45) is 9.83. The molecule has 0 aromatic heterocycles. The predicted octanol–water partition coefficient (Wildman–Crippen LogP) is 3.24. The van der Waals surface area contributed by atoms with Gasteiger partial charge >= 0.3 is 0 Å². The van der Waals surface area contributed by atoms with Gasteiger partial charge < -0.3 is 4.84 Å². The van der Waals surface area contributed by atoms with Crippen molar-refractivity contribution in [3.8, 4) is 18.1 Å².